The van der Waals surface area contributed by atoms with Crippen molar-refractivity contribution in [3.8, 4) is 0 Å². The van der Waals surface area contributed by atoms with E-state index in [4.69, 9.17) is 0 Å². The summed E-state index contributed by atoms with van der Waals surface area (Å²) in [5.41, 5.74) is -0.608. The first-order chi connectivity index (χ1) is 9.00. The van der Waals surface area contributed by atoms with Crippen LogP contribution in [-0.4, -0.2) is 34.3 Å². The average Bonchev–Trinajstić information content (AvgIpc) is 2.46. The molecule has 2 aliphatic rings. The molecule has 1 aliphatic carbocycles. The summed E-state index contributed by atoms with van der Waals surface area (Å²) in [4.78, 5) is 27.0. The normalized spacial score (nSPS) is 29.0. The van der Waals surface area contributed by atoms with Gasteiger partial charge in [0.2, 0.25) is 11.8 Å². The van der Waals surface area contributed by atoms with Crippen LogP contribution in [-0.2, 0) is 9.59 Å². The molecular formula is C15H26N2O2. The third kappa shape index (κ3) is 2.63. The quantitative estimate of drug-likeness (QED) is 0.833. The molecule has 2 amide bonds. The molecule has 1 saturated carbocycles. The van der Waals surface area contributed by atoms with Gasteiger partial charge in [0.25, 0.3) is 0 Å². The second kappa shape index (κ2) is 5.51. The maximum atomic E-state index is 13.0. The van der Waals surface area contributed by atoms with Crippen molar-refractivity contribution in [2.75, 3.05) is 0 Å². The van der Waals surface area contributed by atoms with E-state index < -0.39 is 5.54 Å². The number of hydrogen-bond donors (Lipinski definition) is 1. The number of hydrogen-bond acceptors (Lipinski definition) is 2. The van der Waals surface area contributed by atoms with Crippen molar-refractivity contribution in [2.45, 2.75) is 83.3 Å². The number of nitrogens with one attached hydrogen (secondary N) is 1. The second-order valence-corrected chi connectivity index (χ2v) is 6.21. The van der Waals surface area contributed by atoms with Crippen LogP contribution in [0.4, 0.5) is 0 Å². The van der Waals surface area contributed by atoms with Gasteiger partial charge in [-0.05, 0) is 33.1 Å². The molecule has 4 nitrogen and oxygen atoms in total. The van der Waals surface area contributed by atoms with Crippen LogP contribution in [0, 0.1) is 0 Å². The van der Waals surface area contributed by atoms with Gasteiger partial charge in [-0.3, -0.25) is 9.59 Å². The summed E-state index contributed by atoms with van der Waals surface area (Å²) in [5, 5.41) is 3.05. The smallest absolute Gasteiger partial charge is 0.248 e. The van der Waals surface area contributed by atoms with Crippen molar-refractivity contribution < 1.29 is 9.59 Å². The monoisotopic (exact) mass is 266 g/mol. The van der Waals surface area contributed by atoms with E-state index >= 15 is 0 Å². The van der Waals surface area contributed by atoms with E-state index in [-0.39, 0.29) is 23.9 Å². The van der Waals surface area contributed by atoms with E-state index in [0.717, 1.165) is 32.1 Å². The number of nitrogens with zero attached hydrogens (tertiary/aromatic N) is 1. The molecule has 0 aromatic carbocycles. The van der Waals surface area contributed by atoms with Gasteiger partial charge in [0.1, 0.15) is 5.54 Å². The molecule has 1 aliphatic heterocycles. The molecule has 2 rings (SSSR count). The maximum absolute atomic E-state index is 13.0. The summed E-state index contributed by atoms with van der Waals surface area (Å²) < 4.78 is 0. The lowest BCUT2D eigenvalue weighted by Gasteiger charge is -2.41. The minimum atomic E-state index is -0.608. The van der Waals surface area contributed by atoms with Crippen molar-refractivity contribution in [1.82, 2.24) is 10.2 Å². The summed E-state index contributed by atoms with van der Waals surface area (Å²) >= 11 is 0. The zero-order valence-corrected chi connectivity index (χ0v) is 12.4. The minimum Gasteiger partial charge on any atom is -0.342 e. The Kier molecular flexibility index (Phi) is 4.16. The molecule has 2 fully saturated rings. The number of carbonyl (C=O) groups excluding carboxylic acids is 2. The Balaban J connectivity index is 2.33. The first kappa shape index (κ1) is 14.4. The first-order valence-corrected chi connectivity index (χ1v) is 7.64. The minimum absolute atomic E-state index is 0.00347. The molecule has 19 heavy (non-hydrogen) atoms. The van der Waals surface area contributed by atoms with Gasteiger partial charge in [0, 0.05) is 18.5 Å². The predicted molar refractivity (Wildman–Crippen MR) is 74.6 cm³/mol. The SMILES string of the molecule is CCC(C)N1C(=O)C2(CCCCC2)NC(=O)CC1C. The van der Waals surface area contributed by atoms with Crippen LogP contribution in [0.5, 0.6) is 0 Å². The van der Waals surface area contributed by atoms with Crippen LogP contribution in [0.15, 0.2) is 0 Å². The molecule has 0 radical (unpaired) electrons. The fraction of sp³-hybridized carbons (Fsp3) is 0.867. The summed E-state index contributed by atoms with van der Waals surface area (Å²) in [6, 6.07) is 0.206. The van der Waals surface area contributed by atoms with Crippen LogP contribution >= 0.6 is 0 Å². The molecular weight excluding hydrogens is 240 g/mol. The van der Waals surface area contributed by atoms with Crippen LogP contribution in [0.3, 0.4) is 0 Å². The molecule has 2 unspecified atom stereocenters. The van der Waals surface area contributed by atoms with Crippen LogP contribution in [0.1, 0.15) is 65.7 Å². The van der Waals surface area contributed by atoms with Gasteiger partial charge in [0.05, 0.1) is 0 Å². The van der Waals surface area contributed by atoms with Gasteiger partial charge in [-0.2, -0.15) is 0 Å². The Morgan fingerprint density at radius 1 is 1.32 bits per heavy atom. The highest BCUT2D eigenvalue weighted by Crippen LogP contribution is 2.33. The lowest BCUT2D eigenvalue weighted by Crippen LogP contribution is -2.60. The summed E-state index contributed by atoms with van der Waals surface area (Å²) in [5.74, 6) is 0.188. The van der Waals surface area contributed by atoms with Gasteiger partial charge in [-0.1, -0.05) is 26.2 Å². The highest BCUT2D eigenvalue weighted by Gasteiger charge is 2.47. The van der Waals surface area contributed by atoms with Crippen molar-refractivity contribution >= 4 is 11.8 Å². The molecule has 4 heteroatoms. The Bertz CT molecular complexity index is 361. The van der Waals surface area contributed by atoms with E-state index in [9.17, 15) is 9.59 Å². The lowest BCUT2D eigenvalue weighted by atomic mass is 9.80. The van der Waals surface area contributed by atoms with Gasteiger partial charge in [-0.15, -0.1) is 0 Å². The molecule has 1 saturated heterocycles. The third-order valence-corrected chi connectivity index (χ3v) is 4.75. The van der Waals surface area contributed by atoms with Gasteiger partial charge < -0.3 is 10.2 Å². The van der Waals surface area contributed by atoms with Crippen molar-refractivity contribution in [1.29, 1.82) is 0 Å². The molecule has 0 bridgehead atoms. The molecule has 0 aromatic heterocycles. The predicted octanol–water partition coefficient (Wildman–Crippen LogP) is 2.22. The summed E-state index contributed by atoms with van der Waals surface area (Å²) in [6.45, 7) is 6.17. The zero-order chi connectivity index (χ0) is 14.0. The highest BCUT2D eigenvalue weighted by molar-refractivity contribution is 5.94. The largest absolute Gasteiger partial charge is 0.342 e. The molecule has 1 N–H and O–H groups in total. The van der Waals surface area contributed by atoms with Crippen molar-refractivity contribution in [2.24, 2.45) is 0 Å². The maximum Gasteiger partial charge on any atom is 0.248 e. The van der Waals surface area contributed by atoms with Crippen molar-refractivity contribution in [3.63, 3.8) is 0 Å². The number of amides is 2. The van der Waals surface area contributed by atoms with Crippen LogP contribution < -0.4 is 5.32 Å². The van der Waals surface area contributed by atoms with Crippen LogP contribution in [0.25, 0.3) is 0 Å². The van der Waals surface area contributed by atoms with Crippen LogP contribution in [0.2, 0.25) is 0 Å². The molecule has 1 heterocycles. The first-order valence-electron chi connectivity index (χ1n) is 7.64. The Morgan fingerprint density at radius 3 is 2.53 bits per heavy atom. The van der Waals surface area contributed by atoms with Crippen molar-refractivity contribution in [3.05, 3.63) is 0 Å². The van der Waals surface area contributed by atoms with Gasteiger partial charge >= 0.3 is 0 Å². The number of rotatable bonds is 2. The Morgan fingerprint density at radius 2 is 1.95 bits per heavy atom. The average molecular weight is 266 g/mol. The lowest BCUT2D eigenvalue weighted by molar-refractivity contribution is -0.143. The topological polar surface area (TPSA) is 49.4 Å². The van der Waals surface area contributed by atoms with Gasteiger partial charge in [0.15, 0.2) is 0 Å². The molecule has 108 valence electrons. The molecule has 1 spiro atoms. The van der Waals surface area contributed by atoms with E-state index in [1.165, 1.54) is 6.42 Å². The van der Waals surface area contributed by atoms with E-state index in [1.54, 1.807) is 0 Å². The fourth-order valence-corrected chi connectivity index (χ4v) is 3.51. The summed E-state index contributed by atoms with van der Waals surface area (Å²) in [6.07, 6.45) is 6.21. The molecule has 2 atom stereocenters. The third-order valence-electron chi connectivity index (χ3n) is 4.75. The second-order valence-electron chi connectivity index (χ2n) is 6.21. The molecule has 0 aromatic rings. The Hall–Kier alpha value is -1.06. The summed E-state index contributed by atoms with van der Waals surface area (Å²) in [7, 11) is 0. The Labute approximate surface area is 115 Å². The highest BCUT2D eigenvalue weighted by atomic mass is 16.2. The van der Waals surface area contributed by atoms with Gasteiger partial charge in [-0.25, -0.2) is 0 Å². The number of carbonyl (C=O) groups is 2. The fourth-order valence-electron chi connectivity index (χ4n) is 3.51. The van der Waals surface area contributed by atoms with E-state index in [0.29, 0.717) is 6.42 Å². The zero-order valence-electron chi connectivity index (χ0n) is 12.4. The standard InChI is InChI=1S/C15H26N2O2/c1-4-11(2)17-12(3)10-13(18)16-15(14(17)19)8-6-5-7-9-15/h11-12H,4-10H2,1-3H3,(H,16,18). The van der Waals surface area contributed by atoms with E-state index in [2.05, 4.69) is 19.2 Å². The van der Waals surface area contributed by atoms with E-state index in [1.807, 2.05) is 11.8 Å².